The fourth-order valence-corrected chi connectivity index (χ4v) is 3.90. The van der Waals surface area contributed by atoms with Gasteiger partial charge in [-0.15, -0.1) is 16.9 Å². The van der Waals surface area contributed by atoms with E-state index in [0.29, 0.717) is 17.3 Å². The van der Waals surface area contributed by atoms with Crippen LogP contribution >= 0.6 is 11.8 Å². The number of carbonyl (C=O) groups is 1. The number of ether oxygens (including phenoxy) is 2. The molecule has 176 valence electrons. The largest absolute Gasteiger partial charge is 0.482 e. The van der Waals surface area contributed by atoms with Crippen LogP contribution in [0, 0.1) is 6.92 Å². The summed E-state index contributed by atoms with van der Waals surface area (Å²) < 4.78 is 51.1. The number of benzene rings is 2. The average Bonchev–Trinajstić information content (AvgIpc) is 3.05. The van der Waals surface area contributed by atoms with Crippen LogP contribution in [0.15, 0.2) is 52.2 Å². The van der Waals surface area contributed by atoms with Gasteiger partial charge in [-0.25, -0.2) is 9.59 Å². The van der Waals surface area contributed by atoms with Crippen LogP contribution in [-0.2, 0) is 28.5 Å². The summed E-state index contributed by atoms with van der Waals surface area (Å²) in [7, 11) is 1.56. The third-order valence-corrected chi connectivity index (χ3v) is 5.66. The van der Waals surface area contributed by atoms with Gasteiger partial charge in [0.15, 0.2) is 6.61 Å². The predicted octanol–water partition coefficient (Wildman–Crippen LogP) is 4.13. The fourth-order valence-electron chi connectivity index (χ4n) is 2.92. The highest BCUT2D eigenvalue weighted by atomic mass is 32.2. The zero-order valence-electron chi connectivity index (χ0n) is 18.2. The summed E-state index contributed by atoms with van der Waals surface area (Å²) in [5, 5.41) is 4.28. The Balaban J connectivity index is 1.69. The third-order valence-electron chi connectivity index (χ3n) is 4.68. The van der Waals surface area contributed by atoms with Gasteiger partial charge in [0.1, 0.15) is 11.6 Å². The Morgan fingerprint density at radius 2 is 1.85 bits per heavy atom. The zero-order valence-corrected chi connectivity index (χ0v) is 19.0. The minimum atomic E-state index is -4.45. The van der Waals surface area contributed by atoms with Crippen molar-refractivity contribution in [1.29, 1.82) is 0 Å². The molecule has 11 heteroatoms. The van der Waals surface area contributed by atoms with Crippen molar-refractivity contribution < 1.29 is 27.4 Å². The third kappa shape index (κ3) is 5.98. The second kappa shape index (κ2) is 10.2. The maximum atomic E-state index is 12.8. The van der Waals surface area contributed by atoms with E-state index in [0.717, 1.165) is 27.3 Å². The van der Waals surface area contributed by atoms with Crippen molar-refractivity contribution in [3.05, 3.63) is 69.9 Å². The van der Waals surface area contributed by atoms with E-state index < -0.39 is 23.4 Å². The first kappa shape index (κ1) is 24.4. The molecule has 2 aromatic carbocycles. The van der Waals surface area contributed by atoms with Crippen molar-refractivity contribution in [2.45, 2.75) is 30.7 Å². The molecule has 7 nitrogen and oxygen atoms in total. The molecule has 0 fully saturated rings. The Labute approximate surface area is 192 Å². The van der Waals surface area contributed by atoms with Crippen molar-refractivity contribution in [3.8, 4) is 11.4 Å². The van der Waals surface area contributed by atoms with E-state index >= 15 is 0 Å². The van der Waals surface area contributed by atoms with Gasteiger partial charge in [-0.3, -0.25) is 4.57 Å². The summed E-state index contributed by atoms with van der Waals surface area (Å²) in [6, 6.07) is 9.72. The van der Waals surface area contributed by atoms with Gasteiger partial charge in [0.2, 0.25) is 0 Å². The first-order chi connectivity index (χ1) is 15.6. The lowest BCUT2D eigenvalue weighted by Crippen LogP contribution is -2.22. The SMILES string of the molecule is CCOC(=O)COc1ccc(SCc2nn(-c3ccc(C(F)(F)F)cc3)c(=O)n2C)cc1C. The molecule has 0 unspecified atom stereocenters. The highest BCUT2D eigenvalue weighted by molar-refractivity contribution is 7.98. The summed E-state index contributed by atoms with van der Waals surface area (Å²) >= 11 is 1.43. The van der Waals surface area contributed by atoms with Crippen molar-refractivity contribution in [2.24, 2.45) is 7.05 Å². The van der Waals surface area contributed by atoms with E-state index in [1.54, 1.807) is 20.0 Å². The van der Waals surface area contributed by atoms with Gasteiger partial charge in [-0.2, -0.15) is 17.9 Å². The van der Waals surface area contributed by atoms with E-state index in [-0.39, 0.29) is 18.9 Å². The maximum absolute atomic E-state index is 12.8. The number of nitrogens with zero attached hydrogens (tertiary/aromatic N) is 3. The Kier molecular flexibility index (Phi) is 7.52. The van der Waals surface area contributed by atoms with Gasteiger partial charge in [0, 0.05) is 11.9 Å². The fraction of sp³-hybridized carbons (Fsp3) is 0.318. The van der Waals surface area contributed by atoms with Crippen molar-refractivity contribution in [1.82, 2.24) is 14.3 Å². The normalized spacial score (nSPS) is 11.5. The molecule has 0 radical (unpaired) electrons. The molecular formula is C22H22F3N3O4S. The van der Waals surface area contributed by atoms with Crippen LogP contribution < -0.4 is 10.4 Å². The number of aryl methyl sites for hydroxylation is 1. The molecule has 0 N–H and O–H groups in total. The Hall–Kier alpha value is -3.21. The Bertz CT molecular complexity index is 1190. The van der Waals surface area contributed by atoms with Gasteiger partial charge in [0.25, 0.3) is 0 Å². The maximum Gasteiger partial charge on any atom is 0.416 e. The molecule has 3 aromatic rings. The Morgan fingerprint density at radius 3 is 2.45 bits per heavy atom. The molecule has 0 atom stereocenters. The van der Waals surface area contributed by atoms with E-state index in [2.05, 4.69) is 5.10 Å². The van der Waals surface area contributed by atoms with Crippen LogP contribution in [0.2, 0.25) is 0 Å². The minimum absolute atomic E-state index is 0.176. The number of hydrogen-bond acceptors (Lipinski definition) is 6. The van der Waals surface area contributed by atoms with E-state index in [1.807, 2.05) is 19.1 Å². The van der Waals surface area contributed by atoms with Gasteiger partial charge in [-0.05, 0) is 61.9 Å². The average molecular weight is 481 g/mol. The zero-order chi connectivity index (χ0) is 24.2. The molecule has 0 bridgehead atoms. The predicted molar refractivity (Wildman–Crippen MR) is 117 cm³/mol. The number of rotatable bonds is 8. The molecule has 0 saturated carbocycles. The summed E-state index contributed by atoms with van der Waals surface area (Å²) in [4.78, 5) is 24.9. The monoisotopic (exact) mass is 481 g/mol. The number of aromatic nitrogens is 3. The molecule has 33 heavy (non-hydrogen) atoms. The quantitative estimate of drug-likeness (QED) is 0.356. The molecule has 0 aliphatic rings. The topological polar surface area (TPSA) is 75.3 Å². The van der Waals surface area contributed by atoms with Gasteiger partial charge in [-0.1, -0.05) is 0 Å². The van der Waals surface area contributed by atoms with Gasteiger partial charge in [0.05, 0.1) is 23.6 Å². The lowest BCUT2D eigenvalue weighted by Gasteiger charge is -2.10. The van der Waals surface area contributed by atoms with Crippen LogP contribution in [0.5, 0.6) is 5.75 Å². The number of halogens is 3. The summed E-state index contributed by atoms with van der Waals surface area (Å²) in [6.07, 6.45) is -4.45. The summed E-state index contributed by atoms with van der Waals surface area (Å²) in [6.45, 7) is 3.68. The summed E-state index contributed by atoms with van der Waals surface area (Å²) in [5.41, 5.74) is -0.174. The van der Waals surface area contributed by atoms with Crippen LogP contribution in [0.1, 0.15) is 23.9 Å². The van der Waals surface area contributed by atoms with Crippen molar-refractivity contribution in [3.63, 3.8) is 0 Å². The van der Waals surface area contributed by atoms with Gasteiger partial charge >= 0.3 is 17.8 Å². The van der Waals surface area contributed by atoms with Crippen molar-refractivity contribution >= 4 is 17.7 Å². The summed E-state index contributed by atoms with van der Waals surface area (Å²) in [5.74, 6) is 0.943. The lowest BCUT2D eigenvalue weighted by atomic mass is 10.2. The molecule has 1 aromatic heterocycles. The highest BCUT2D eigenvalue weighted by Gasteiger charge is 2.30. The first-order valence-electron chi connectivity index (χ1n) is 9.94. The molecule has 0 spiro atoms. The number of alkyl halides is 3. The second-order valence-electron chi connectivity index (χ2n) is 7.02. The van der Waals surface area contributed by atoms with Crippen molar-refractivity contribution in [2.75, 3.05) is 13.2 Å². The molecule has 0 saturated heterocycles. The van der Waals surface area contributed by atoms with Crippen LogP contribution in [0.25, 0.3) is 5.69 Å². The van der Waals surface area contributed by atoms with E-state index in [9.17, 15) is 22.8 Å². The molecule has 0 aliphatic carbocycles. The number of esters is 1. The standard InChI is InChI=1S/C22H22F3N3O4S/c1-4-31-20(29)12-32-18-10-9-17(11-14(18)2)33-13-19-26-28(21(30)27(19)3)16-7-5-15(6-8-16)22(23,24)25/h5-11H,4,12-13H2,1-3H3. The van der Waals surface area contributed by atoms with Crippen LogP contribution in [-0.4, -0.2) is 33.5 Å². The van der Waals surface area contributed by atoms with E-state index in [4.69, 9.17) is 9.47 Å². The molecule has 3 rings (SSSR count). The van der Waals surface area contributed by atoms with Gasteiger partial charge < -0.3 is 9.47 Å². The number of thioether (sulfide) groups is 1. The number of carbonyl (C=O) groups excluding carboxylic acids is 1. The minimum Gasteiger partial charge on any atom is -0.482 e. The second-order valence-corrected chi connectivity index (χ2v) is 8.07. The van der Waals surface area contributed by atoms with Crippen LogP contribution in [0.3, 0.4) is 0 Å². The molecule has 0 amide bonds. The molecule has 1 heterocycles. The Morgan fingerprint density at radius 1 is 1.15 bits per heavy atom. The smallest absolute Gasteiger partial charge is 0.416 e. The first-order valence-corrected chi connectivity index (χ1v) is 10.9. The number of hydrogen-bond donors (Lipinski definition) is 0. The molecular weight excluding hydrogens is 459 g/mol. The lowest BCUT2D eigenvalue weighted by molar-refractivity contribution is -0.145. The molecule has 0 aliphatic heterocycles. The van der Waals surface area contributed by atoms with E-state index in [1.165, 1.54) is 28.5 Å². The van der Waals surface area contributed by atoms with Crippen LogP contribution in [0.4, 0.5) is 13.2 Å². The highest BCUT2D eigenvalue weighted by Crippen LogP contribution is 2.30.